The van der Waals surface area contributed by atoms with Gasteiger partial charge in [-0.15, -0.1) is 0 Å². The Bertz CT molecular complexity index is 562. The Morgan fingerprint density at radius 2 is 2.25 bits per heavy atom. The third kappa shape index (κ3) is 3.31. The van der Waals surface area contributed by atoms with Gasteiger partial charge in [-0.1, -0.05) is 23.4 Å². The average Bonchev–Trinajstić information content (AvgIpc) is 2.94. The van der Waals surface area contributed by atoms with E-state index >= 15 is 0 Å². The maximum atomic E-state index is 12.3. The average molecular weight is 294 g/mol. The van der Waals surface area contributed by atoms with Crippen LogP contribution in [0.2, 0.25) is 5.02 Å². The number of carbonyl (C=O) groups excluding carboxylic acids is 1. The zero-order valence-electron chi connectivity index (χ0n) is 11.0. The van der Waals surface area contributed by atoms with E-state index in [2.05, 4.69) is 11.8 Å². The summed E-state index contributed by atoms with van der Waals surface area (Å²) in [6.45, 7) is 1.13. The number of likely N-dealkylation sites (tertiary alicyclic amines) is 1. The highest BCUT2D eigenvalue weighted by Crippen LogP contribution is 2.21. The highest BCUT2D eigenvalue weighted by atomic mass is 35.5. The number of aliphatic hydroxyl groups excluding tert-OH is 2. The molecule has 2 N–H and O–H groups in total. The maximum absolute atomic E-state index is 12.3. The molecular weight excluding hydrogens is 278 g/mol. The number of hydrogen-bond donors (Lipinski definition) is 2. The smallest absolute Gasteiger partial charge is 0.253 e. The first kappa shape index (κ1) is 14.9. The van der Waals surface area contributed by atoms with E-state index in [9.17, 15) is 4.79 Å². The Balaban J connectivity index is 2.13. The van der Waals surface area contributed by atoms with Crippen LogP contribution in [0.25, 0.3) is 0 Å². The molecule has 1 unspecified atom stereocenters. The van der Waals surface area contributed by atoms with E-state index in [1.807, 2.05) is 0 Å². The molecule has 0 spiro atoms. The van der Waals surface area contributed by atoms with Gasteiger partial charge in [-0.25, -0.2) is 0 Å². The second kappa shape index (κ2) is 6.76. The van der Waals surface area contributed by atoms with Crippen molar-refractivity contribution >= 4 is 17.5 Å². The summed E-state index contributed by atoms with van der Waals surface area (Å²) in [4.78, 5) is 14.0. The van der Waals surface area contributed by atoms with Crippen molar-refractivity contribution in [3.8, 4) is 11.8 Å². The summed E-state index contributed by atoms with van der Waals surface area (Å²) in [6.07, 6.45) is 0.829. The molecule has 1 aliphatic heterocycles. The lowest BCUT2D eigenvalue weighted by atomic mass is 10.1. The largest absolute Gasteiger partial charge is 0.396 e. The van der Waals surface area contributed by atoms with Crippen LogP contribution < -0.4 is 0 Å². The molecule has 0 aliphatic carbocycles. The second-order valence-corrected chi connectivity index (χ2v) is 5.15. The van der Waals surface area contributed by atoms with Crippen molar-refractivity contribution in [3.63, 3.8) is 0 Å². The number of halogens is 1. The fourth-order valence-corrected chi connectivity index (χ4v) is 2.46. The molecule has 106 valence electrons. The maximum Gasteiger partial charge on any atom is 0.253 e. The quantitative estimate of drug-likeness (QED) is 0.804. The van der Waals surface area contributed by atoms with Crippen molar-refractivity contribution < 1.29 is 15.0 Å². The molecule has 1 aromatic rings. The first-order chi connectivity index (χ1) is 9.65. The van der Waals surface area contributed by atoms with Crippen LogP contribution in [0.1, 0.15) is 22.3 Å². The van der Waals surface area contributed by atoms with E-state index in [1.165, 1.54) is 0 Å². The molecule has 0 saturated carbocycles. The Labute approximate surface area is 123 Å². The number of rotatable bonds is 2. The summed E-state index contributed by atoms with van der Waals surface area (Å²) in [5, 5.41) is 18.2. The summed E-state index contributed by atoms with van der Waals surface area (Å²) < 4.78 is 0. The highest BCUT2D eigenvalue weighted by Gasteiger charge is 2.26. The lowest BCUT2D eigenvalue weighted by molar-refractivity contribution is 0.0782. The van der Waals surface area contributed by atoms with Crippen LogP contribution in [-0.2, 0) is 0 Å². The molecule has 1 fully saturated rings. The summed E-state index contributed by atoms with van der Waals surface area (Å²) in [7, 11) is 0. The van der Waals surface area contributed by atoms with Crippen LogP contribution in [-0.4, -0.2) is 47.3 Å². The number of hydrogen-bond acceptors (Lipinski definition) is 3. The predicted octanol–water partition coefficient (Wildman–Crippen LogP) is 1.14. The van der Waals surface area contributed by atoms with Gasteiger partial charge in [0, 0.05) is 36.7 Å². The lowest BCUT2D eigenvalue weighted by Gasteiger charge is -2.16. The van der Waals surface area contributed by atoms with Gasteiger partial charge in [-0.05, 0) is 24.6 Å². The first-order valence-electron chi connectivity index (χ1n) is 6.45. The summed E-state index contributed by atoms with van der Waals surface area (Å²) in [5.41, 5.74) is 1.11. The third-order valence-corrected chi connectivity index (χ3v) is 3.66. The molecule has 0 aromatic heterocycles. The van der Waals surface area contributed by atoms with Crippen LogP contribution in [0.15, 0.2) is 18.2 Å². The second-order valence-electron chi connectivity index (χ2n) is 4.74. The van der Waals surface area contributed by atoms with Gasteiger partial charge in [0.05, 0.1) is 5.02 Å². The van der Waals surface area contributed by atoms with Gasteiger partial charge in [0.25, 0.3) is 5.91 Å². The minimum absolute atomic E-state index is 0.0792. The van der Waals surface area contributed by atoms with Gasteiger partial charge < -0.3 is 15.1 Å². The van der Waals surface area contributed by atoms with Crippen LogP contribution >= 0.6 is 11.6 Å². The van der Waals surface area contributed by atoms with Crippen molar-refractivity contribution in [2.45, 2.75) is 6.42 Å². The summed E-state index contributed by atoms with van der Waals surface area (Å²) in [5.74, 6) is 5.34. The summed E-state index contributed by atoms with van der Waals surface area (Å²) in [6, 6.07) is 4.96. The monoisotopic (exact) mass is 293 g/mol. The van der Waals surface area contributed by atoms with Crippen molar-refractivity contribution in [2.24, 2.45) is 5.92 Å². The van der Waals surface area contributed by atoms with Gasteiger partial charge in [0.15, 0.2) is 0 Å². The van der Waals surface area contributed by atoms with Crippen molar-refractivity contribution in [1.29, 1.82) is 0 Å². The van der Waals surface area contributed by atoms with E-state index in [1.54, 1.807) is 23.1 Å². The highest BCUT2D eigenvalue weighted by molar-refractivity contribution is 6.32. The lowest BCUT2D eigenvalue weighted by Crippen LogP contribution is -2.29. The van der Waals surface area contributed by atoms with Crippen LogP contribution in [0.4, 0.5) is 0 Å². The summed E-state index contributed by atoms with van der Waals surface area (Å²) >= 11 is 6.08. The minimum atomic E-state index is -0.229. The SMILES string of the molecule is O=C(c1ccc(C#CCO)c(Cl)c1)N1CCC(CO)C1. The Morgan fingerprint density at radius 3 is 2.85 bits per heavy atom. The zero-order chi connectivity index (χ0) is 14.5. The number of benzene rings is 1. The van der Waals surface area contributed by atoms with E-state index in [-0.39, 0.29) is 25.0 Å². The predicted molar refractivity (Wildman–Crippen MR) is 76.5 cm³/mol. The van der Waals surface area contributed by atoms with Crippen molar-refractivity contribution in [2.75, 3.05) is 26.3 Å². The topological polar surface area (TPSA) is 60.8 Å². The zero-order valence-corrected chi connectivity index (χ0v) is 11.7. The van der Waals surface area contributed by atoms with Crippen LogP contribution in [0.5, 0.6) is 0 Å². The molecule has 5 heteroatoms. The van der Waals surface area contributed by atoms with Gasteiger partial charge >= 0.3 is 0 Å². The third-order valence-electron chi connectivity index (χ3n) is 3.35. The van der Waals surface area contributed by atoms with Crippen molar-refractivity contribution in [3.05, 3.63) is 34.3 Å². The Hall–Kier alpha value is -1.54. The fourth-order valence-electron chi connectivity index (χ4n) is 2.23. The Kier molecular flexibility index (Phi) is 5.02. The molecule has 2 rings (SSSR count). The normalized spacial score (nSPS) is 17.8. The van der Waals surface area contributed by atoms with E-state index in [4.69, 9.17) is 21.8 Å². The van der Waals surface area contributed by atoms with E-state index < -0.39 is 0 Å². The van der Waals surface area contributed by atoms with Gasteiger partial charge in [0.1, 0.15) is 6.61 Å². The van der Waals surface area contributed by atoms with Crippen molar-refractivity contribution in [1.82, 2.24) is 4.90 Å². The molecule has 1 aliphatic rings. The molecule has 4 nitrogen and oxygen atoms in total. The Morgan fingerprint density at radius 1 is 1.45 bits per heavy atom. The number of amides is 1. The van der Waals surface area contributed by atoms with Gasteiger partial charge in [0.2, 0.25) is 0 Å². The molecular formula is C15H16ClNO3. The number of carbonyl (C=O) groups is 1. The van der Waals surface area contributed by atoms with Gasteiger partial charge in [-0.3, -0.25) is 4.79 Å². The molecule has 20 heavy (non-hydrogen) atoms. The fraction of sp³-hybridized carbons (Fsp3) is 0.400. The number of aliphatic hydroxyl groups is 2. The molecule has 0 bridgehead atoms. The minimum Gasteiger partial charge on any atom is -0.396 e. The molecule has 1 saturated heterocycles. The standard InChI is InChI=1S/C15H16ClNO3/c16-14-8-13(4-3-12(14)2-1-7-18)15(20)17-6-5-11(9-17)10-19/h3-4,8,11,18-19H,5-7,9-10H2. The molecule has 1 heterocycles. The van der Waals surface area contributed by atoms with E-state index in [0.29, 0.717) is 29.2 Å². The van der Waals surface area contributed by atoms with Crippen LogP contribution in [0, 0.1) is 17.8 Å². The first-order valence-corrected chi connectivity index (χ1v) is 6.83. The molecule has 1 aromatic carbocycles. The molecule has 1 amide bonds. The molecule has 0 radical (unpaired) electrons. The van der Waals surface area contributed by atoms with E-state index in [0.717, 1.165) is 6.42 Å². The molecule has 1 atom stereocenters. The van der Waals surface area contributed by atoms with Gasteiger partial charge in [-0.2, -0.15) is 0 Å². The number of nitrogens with zero attached hydrogens (tertiary/aromatic N) is 1. The van der Waals surface area contributed by atoms with Crippen LogP contribution in [0.3, 0.4) is 0 Å².